The number of nitrogens with zero attached hydrogens (tertiary/aromatic N) is 1. The van der Waals surface area contributed by atoms with Gasteiger partial charge in [0.05, 0.1) is 18.5 Å². The molecule has 2 N–H and O–H groups in total. The lowest BCUT2D eigenvalue weighted by Crippen LogP contribution is -2.17. The van der Waals surface area contributed by atoms with Gasteiger partial charge in [-0.3, -0.25) is 0 Å². The van der Waals surface area contributed by atoms with Crippen LogP contribution >= 0.6 is 0 Å². The molecular weight excluding hydrogens is 236 g/mol. The lowest BCUT2D eigenvalue weighted by molar-refractivity contribution is 0.417. The Bertz CT molecular complexity index is 549. The minimum atomic E-state index is 0.674. The van der Waals surface area contributed by atoms with Gasteiger partial charge in [-0.1, -0.05) is 23.8 Å². The predicted molar refractivity (Wildman–Crippen MR) is 81.3 cm³/mol. The lowest BCUT2D eigenvalue weighted by atomic mass is 10.1. The summed E-state index contributed by atoms with van der Waals surface area (Å²) in [5, 5.41) is 0. The van der Waals surface area contributed by atoms with Gasteiger partial charge >= 0.3 is 0 Å². The zero-order chi connectivity index (χ0) is 13.8. The van der Waals surface area contributed by atoms with Crippen LogP contribution in [0.1, 0.15) is 12.5 Å². The molecule has 0 bridgehead atoms. The predicted octanol–water partition coefficient (Wildman–Crippen LogP) is 3.74. The van der Waals surface area contributed by atoms with Gasteiger partial charge in [0.1, 0.15) is 5.75 Å². The van der Waals surface area contributed by atoms with E-state index in [0.717, 1.165) is 17.9 Å². The summed E-state index contributed by atoms with van der Waals surface area (Å²) in [5.41, 5.74) is 10.2. The first kappa shape index (κ1) is 13.3. The van der Waals surface area contributed by atoms with Crippen LogP contribution in [0.3, 0.4) is 0 Å². The van der Waals surface area contributed by atoms with Crippen LogP contribution in [0.5, 0.6) is 5.75 Å². The fraction of sp³-hybridized carbons (Fsp3) is 0.250. The van der Waals surface area contributed by atoms with E-state index >= 15 is 0 Å². The maximum Gasteiger partial charge on any atom is 0.143 e. The molecule has 0 unspecified atom stereocenters. The second-order valence-corrected chi connectivity index (χ2v) is 4.47. The van der Waals surface area contributed by atoms with Crippen LogP contribution in [0, 0.1) is 6.92 Å². The zero-order valence-electron chi connectivity index (χ0n) is 11.7. The fourth-order valence-electron chi connectivity index (χ4n) is 2.16. The van der Waals surface area contributed by atoms with Crippen molar-refractivity contribution in [1.82, 2.24) is 0 Å². The number of ether oxygens (including phenoxy) is 1. The van der Waals surface area contributed by atoms with E-state index in [9.17, 15) is 0 Å². The summed E-state index contributed by atoms with van der Waals surface area (Å²) >= 11 is 0. The quantitative estimate of drug-likeness (QED) is 0.847. The molecule has 0 radical (unpaired) electrons. The first-order chi connectivity index (χ1) is 9.17. The van der Waals surface area contributed by atoms with E-state index in [1.807, 2.05) is 18.2 Å². The van der Waals surface area contributed by atoms with Gasteiger partial charge in [-0.15, -0.1) is 0 Å². The molecule has 0 amide bonds. The molecule has 0 saturated carbocycles. The standard InChI is InChI=1S/C16H20N2O/c1-4-18(13-10-8-12(2)9-11-13)14-6-5-7-15(19-3)16(14)17/h5-11H,4,17H2,1-3H3. The Morgan fingerprint density at radius 2 is 1.79 bits per heavy atom. The summed E-state index contributed by atoms with van der Waals surface area (Å²) < 4.78 is 5.28. The van der Waals surface area contributed by atoms with Crippen molar-refractivity contribution in [2.24, 2.45) is 0 Å². The van der Waals surface area contributed by atoms with Gasteiger partial charge in [0, 0.05) is 12.2 Å². The largest absolute Gasteiger partial charge is 0.495 e. The van der Waals surface area contributed by atoms with Crippen molar-refractivity contribution in [3.05, 3.63) is 48.0 Å². The van der Waals surface area contributed by atoms with Gasteiger partial charge in [-0.25, -0.2) is 0 Å². The first-order valence-corrected chi connectivity index (χ1v) is 6.44. The number of hydrogen-bond donors (Lipinski definition) is 1. The lowest BCUT2D eigenvalue weighted by Gasteiger charge is -2.25. The topological polar surface area (TPSA) is 38.5 Å². The third-order valence-electron chi connectivity index (χ3n) is 3.22. The van der Waals surface area contributed by atoms with Gasteiger partial charge in [0.25, 0.3) is 0 Å². The number of aryl methyl sites for hydroxylation is 1. The van der Waals surface area contributed by atoms with Gasteiger partial charge in [0.2, 0.25) is 0 Å². The molecule has 2 aromatic rings. The van der Waals surface area contributed by atoms with Crippen molar-refractivity contribution in [1.29, 1.82) is 0 Å². The molecule has 0 spiro atoms. The molecule has 19 heavy (non-hydrogen) atoms. The van der Waals surface area contributed by atoms with Crippen LogP contribution in [0.2, 0.25) is 0 Å². The van der Waals surface area contributed by atoms with Crippen molar-refractivity contribution in [2.45, 2.75) is 13.8 Å². The molecule has 0 aliphatic rings. The van der Waals surface area contributed by atoms with E-state index in [-0.39, 0.29) is 0 Å². The summed E-state index contributed by atoms with van der Waals surface area (Å²) in [6.07, 6.45) is 0. The number of anilines is 3. The Balaban J connectivity index is 2.45. The number of rotatable bonds is 4. The summed E-state index contributed by atoms with van der Waals surface area (Å²) in [7, 11) is 1.64. The van der Waals surface area contributed by atoms with Crippen molar-refractivity contribution < 1.29 is 4.74 Å². The maximum absolute atomic E-state index is 6.17. The van der Waals surface area contributed by atoms with Crippen LogP contribution < -0.4 is 15.4 Å². The minimum absolute atomic E-state index is 0.674. The summed E-state index contributed by atoms with van der Waals surface area (Å²) in [4.78, 5) is 2.18. The molecule has 2 rings (SSSR count). The molecule has 0 atom stereocenters. The van der Waals surface area contributed by atoms with Crippen LogP contribution in [-0.2, 0) is 0 Å². The summed E-state index contributed by atoms with van der Waals surface area (Å²) in [5.74, 6) is 0.711. The van der Waals surface area contributed by atoms with Gasteiger partial charge in [0.15, 0.2) is 0 Å². The van der Waals surface area contributed by atoms with E-state index in [4.69, 9.17) is 10.5 Å². The highest BCUT2D eigenvalue weighted by Gasteiger charge is 2.13. The van der Waals surface area contributed by atoms with Gasteiger partial charge in [-0.2, -0.15) is 0 Å². The smallest absolute Gasteiger partial charge is 0.143 e. The molecule has 3 nitrogen and oxygen atoms in total. The minimum Gasteiger partial charge on any atom is -0.495 e. The molecule has 0 heterocycles. The highest BCUT2D eigenvalue weighted by atomic mass is 16.5. The van der Waals surface area contributed by atoms with E-state index in [1.165, 1.54) is 5.56 Å². The van der Waals surface area contributed by atoms with E-state index in [0.29, 0.717) is 11.4 Å². The van der Waals surface area contributed by atoms with Gasteiger partial charge in [-0.05, 0) is 38.1 Å². The van der Waals surface area contributed by atoms with Crippen LogP contribution in [-0.4, -0.2) is 13.7 Å². The van der Waals surface area contributed by atoms with E-state index in [2.05, 4.69) is 43.0 Å². The average Bonchev–Trinajstić information content (AvgIpc) is 2.43. The number of hydrogen-bond acceptors (Lipinski definition) is 3. The summed E-state index contributed by atoms with van der Waals surface area (Å²) in [6.45, 7) is 5.04. The number of para-hydroxylation sites is 1. The molecule has 100 valence electrons. The van der Waals surface area contributed by atoms with E-state index in [1.54, 1.807) is 7.11 Å². The number of nitrogens with two attached hydrogens (primary N) is 1. The van der Waals surface area contributed by atoms with Crippen LogP contribution in [0.15, 0.2) is 42.5 Å². The molecule has 0 aromatic heterocycles. The Morgan fingerprint density at radius 1 is 1.11 bits per heavy atom. The maximum atomic E-state index is 6.17. The Morgan fingerprint density at radius 3 is 2.37 bits per heavy atom. The fourth-order valence-corrected chi connectivity index (χ4v) is 2.16. The highest BCUT2D eigenvalue weighted by Crippen LogP contribution is 2.35. The third kappa shape index (κ3) is 2.65. The third-order valence-corrected chi connectivity index (χ3v) is 3.22. The van der Waals surface area contributed by atoms with Crippen molar-refractivity contribution >= 4 is 17.1 Å². The SMILES string of the molecule is CCN(c1ccc(C)cc1)c1cccc(OC)c1N. The normalized spacial score (nSPS) is 10.3. The number of benzene rings is 2. The van der Waals surface area contributed by atoms with Crippen molar-refractivity contribution in [3.63, 3.8) is 0 Å². The second-order valence-electron chi connectivity index (χ2n) is 4.47. The Kier molecular flexibility index (Phi) is 3.95. The molecule has 0 aliphatic heterocycles. The molecule has 2 aromatic carbocycles. The first-order valence-electron chi connectivity index (χ1n) is 6.44. The Hall–Kier alpha value is -2.16. The molecule has 0 saturated heterocycles. The molecule has 0 fully saturated rings. The average molecular weight is 256 g/mol. The number of nitrogen functional groups attached to an aromatic ring is 1. The molecular formula is C16H20N2O. The monoisotopic (exact) mass is 256 g/mol. The van der Waals surface area contributed by atoms with Gasteiger partial charge < -0.3 is 15.4 Å². The molecule has 3 heteroatoms. The summed E-state index contributed by atoms with van der Waals surface area (Å²) in [6, 6.07) is 14.3. The van der Waals surface area contributed by atoms with Crippen molar-refractivity contribution in [2.75, 3.05) is 24.3 Å². The highest BCUT2D eigenvalue weighted by molar-refractivity contribution is 5.79. The Labute approximate surface area is 114 Å². The second kappa shape index (κ2) is 5.65. The van der Waals surface area contributed by atoms with Crippen LogP contribution in [0.4, 0.5) is 17.1 Å². The zero-order valence-corrected chi connectivity index (χ0v) is 11.7. The van der Waals surface area contributed by atoms with Crippen molar-refractivity contribution in [3.8, 4) is 5.75 Å². The van der Waals surface area contributed by atoms with E-state index < -0.39 is 0 Å². The molecule has 0 aliphatic carbocycles. The van der Waals surface area contributed by atoms with Crippen LogP contribution in [0.25, 0.3) is 0 Å². The number of methoxy groups -OCH3 is 1.